The highest BCUT2D eigenvalue weighted by Crippen LogP contribution is 2.39. The van der Waals surface area contributed by atoms with Crippen molar-refractivity contribution in [1.82, 2.24) is 4.98 Å². The Labute approximate surface area is 162 Å². The van der Waals surface area contributed by atoms with E-state index in [1.807, 2.05) is 24.3 Å². The maximum absolute atomic E-state index is 13.3. The molecule has 28 heavy (non-hydrogen) atoms. The third-order valence-corrected chi connectivity index (χ3v) is 4.69. The molecule has 0 fully saturated rings. The van der Waals surface area contributed by atoms with Crippen molar-refractivity contribution in [2.75, 3.05) is 13.7 Å². The summed E-state index contributed by atoms with van der Waals surface area (Å²) in [5, 5.41) is 12.4. The molecule has 1 aromatic heterocycles. The Morgan fingerprint density at radius 1 is 1.18 bits per heavy atom. The van der Waals surface area contributed by atoms with Crippen LogP contribution in [0.2, 0.25) is 0 Å². The third-order valence-electron chi connectivity index (χ3n) is 4.69. The van der Waals surface area contributed by atoms with Gasteiger partial charge in [0.25, 0.3) is 0 Å². The molecule has 7 nitrogen and oxygen atoms in total. The van der Waals surface area contributed by atoms with Gasteiger partial charge in [-0.15, -0.1) is 0 Å². The van der Waals surface area contributed by atoms with Gasteiger partial charge in [0.05, 0.1) is 13.2 Å². The molecule has 0 unspecified atom stereocenters. The molecule has 0 aliphatic heterocycles. The summed E-state index contributed by atoms with van der Waals surface area (Å²) in [7, 11) is 1.53. The number of aromatic nitrogens is 1. The number of fused-ring (bicyclic) bond motifs is 1. The molecule has 0 radical (unpaired) electrons. The number of carbonyl (C=O) groups is 1. The fourth-order valence-electron chi connectivity index (χ4n) is 3.43. The largest absolute Gasteiger partial charge is 0.497 e. The Kier molecular flexibility index (Phi) is 5.35. The zero-order valence-electron chi connectivity index (χ0n) is 16.0. The van der Waals surface area contributed by atoms with Gasteiger partial charge in [-0.2, -0.15) is 0 Å². The quantitative estimate of drug-likeness (QED) is 0.382. The van der Waals surface area contributed by atoms with Gasteiger partial charge in [-0.25, -0.2) is 0 Å². The number of H-pyrrole nitrogens is 1. The highest BCUT2D eigenvalue weighted by molar-refractivity contribution is 5.96. The molecule has 0 saturated carbocycles. The lowest BCUT2D eigenvalue weighted by Gasteiger charge is -2.29. The van der Waals surface area contributed by atoms with Crippen molar-refractivity contribution in [3.05, 3.63) is 76.0 Å². The molecule has 7 heteroatoms. The number of hydrogen-bond donors (Lipinski definition) is 1. The minimum atomic E-state index is -1.60. The number of para-hydroxylation sites is 1. The molecule has 0 saturated heterocycles. The summed E-state index contributed by atoms with van der Waals surface area (Å²) in [4.78, 5) is 27.7. The van der Waals surface area contributed by atoms with Crippen molar-refractivity contribution in [2.24, 2.45) is 0 Å². The molecule has 0 spiro atoms. The number of nitro groups is 1. The molecule has 0 aliphatic rings. The van der Waals surface area contributed by atoms with Crippen molar-refractivity contribution in [3.63, 3.8) is 0 Å². The smallest absolute Gasteiger partial charge is 0.328 e. The molecular formula is C21H22N2O5. The van der Waals surface area contributed by atoms with Crippen LogP contribution in [-0.2, 0) is 14.9 Å². The number of methoxy groups -OCH3 is 1. The van der Waals surface area contributed by atoms with Gasteiger partial charge in [0.2, 0.25) is 6.54 Å². The summed E-state index contributed by atoms with van der Waals surface area (Å²) in [6.45, 7) is 2.81. The molecule has 0 aliphatic carbocycles. The fraction of sp³-hybridized carbons (Fsp3) is 0.286. The van der Waals surface area contributed by atoms with E-state index in [9.17, 15) is 14.9 Å². The molecule has 1 heterocycles. The lowest BCUT2D eigenvalue weighted by Crippen LogP contribution is -2.45. The first-order valence-corrected chi connectivity index (χ1v) is 8.92. The van der Waals surface area contributed by atoms with E-state index in [2.05, 4.69) is 4.98 Å². The van der Waals surface area contributed by atoms with Crippen LogP contribution in [0.3, 0.4) is 0 Å². The van der Waals surface area contributed by atoms with E-state index in [0.717, 1.165) is 10.9 Å². The van der Waals surface area contributed by atoms with Gasteiger partial charge in [-0.1, -0.05) is 30.3 Å². The summed E-state index contributed by atoms with van der Waals surface area (Å²) in [6.07, 6.45) is 1.24. The van der Waals surface area contributed by atoms with E-state index in [1.54, 1.807) is 44.3 Å². The van der Waals surface area contributed by atoms with Crippen LogP contribution in [0.1, 0.15) is 25.0 Å². The number of ether oxygens (including phenoxy) is 2. The van der Waals surface area contributed by atoms with Crippen molar-refractivity contribution in [2.45, 2.75) is 25.4 Å². The number of benzene rings is 2. The Morgan fingerprint density at radius 2 is 1.86 bits per heavy atom. The number of hydrogen-bond acceptors (Lipinski definition) is 5. The van der Waals surface area contributed by atoms with Crippen molar-refractivity contribution in [1.29, 1.82) is 0 Å². The second-order valence-electron chi connectivity index (χ2n) is 6.83. The minimum Gasteiger partial charge on any atom is -0.497 e. The molecule has 0 amide bonds. The van der Waals surface area contributed by atoms with Gasteiger partial charge in [0.1, 0.15) is 5.75 Å². The summed E-state index contributed by atoms with van der Waals surface area (Å²) in [5.41, 5.74) is 0.173. The Morgan fingerprint density at radius 3 is 2.46 bits per heavy atom. The average molecular weight is 382 g/mol. The predicted octanol–water partition coefficient (Wildman–Crippen LogP) is 3.69. The lowest BCUT2D eigenvalue weighted by atomic mass is 9.74. The highest BCUT2D eigenvalue weighted by Gasteiger charge is 2.50. The Bertz CT molecular complexity index is 993. The lowest BCUT2D eigenvalue weighted by molar-refractivity contribution is -0.486. The maximum Gasteiger partial charge on any atom is 0.328 e. The standard InChI is InChI=1S/C21H22N2O5/c1-14(2)28-20(24)21(13-23(25)26,15-8-10-16(27-3)11-9-15)18-12-22-19-7-5-4-6-17(18)19/h4-12,14,22H,13H2,1-3H3/t21-/m0/s1. The number of esters is 1. The van der Waals surface area contributed by atoms with Gasteiger partial charge in [0, 0.05) is 27.6 Å². The Hall–Kier alpha value is -3.35. The van der Waals surface area contributed by atoms with Crippen LogP contribution in [0.5, 0.6) is 5.75 Å². The molecule has 1 N–H and O–H groups in total. The first kappa shape index (κ1) is 19.4. The van der Waals surface area contributed by atoms with Crippen LogP contribution in [0.4, 0.5) is 0 Å². The van der Waals surface area contributed by atoms with Crippen LogP contribution < -0.4 is 4.74 Å². The van der Waals surface area contributed by atoms with E-state index in [4.69, 9.17) is 9.47 Å². The molecule has 3 aromatic rings. The zero-order valence-corrected chi connectivity index (χ0v) is 16.0. The van der Waals surface area contributed by atoms with E-state index >= 15 is 0 Å². The maximum atomic E-state index is 13.3. The van der Waals surface area contributed by atoms with Crippen LogP contribution in [0, 0.1) is 10.1 Å². The summed E-state index contributed by atoms with van der Waals surface area (Å²) in [6, 6.07) is 14.1. The second kappa shape index (κ2) is 7.72. The van der Waals surface area contributed by atoms with Gasteiger partial charge in [0.15, 0.2) is 5.41 Å². The van der Waals surface area contributed by atoms with Gasteiger partial charge in [-0.3, -0.25) is 14.9 Å². The Balaban J connectivity index is 2.31. The summed E-state index contributed by atoms with van der Waals surface area (Å²) >= 11 is 0. The van der Waals surface area contributed by atoms with E-state index in [1.165, 1.54) is 7.11 Å². The number of rotatable bonds is 7. The highest BCUT2D eigenvalue weighted by atomic mass is 16.6. The number of nitrogens with one attached hydrogen (secondary N) is 1. The fourth-order valence-corrected chi connectivity index (χ4v) is 3.43. The first-order valence-electron chi connectivity index (χ1n) is 8.92. The first-order chi connectivity index (χ1) is 13.4. The van der Waals surface area contributed by atoms with Crippen molar-refractivity contribution < 1.29 is 19.2 Å². The molecular weight excluding hydrogens is 360 g/mol. The molecule has 3 rings (SSSR count). The predicted molar refractivity (Wildman–Crippen MR) is 105 cm³/mol. The van der Waals surface area contributed by atoms with Crippen LogP contribution in [-0.4, -0.2) is 35.6 Å². The van der Waals surface area contributed by atoms with E-state index < -0.39 is 29.0 Å². The molecule has 146 valence electrons. The van der Waals surface area contributed by atoms with Crippen molar-refractivity contribution >= 4 is 16.9 Å². The topological polar surface area (TPSA) is 94.5 Å². The van der Waals surface area contributed by atoms with Crippen LogP contribution >= 0.6 is 0 Å². The zero-order chi connectivity index (χ0) is 20.3. The number of carbonyl (C=O) groups excluding carboxylic acids is 1. The monoisotopic (exact) mass is 382 g/mol. The minimum absolute atomic E-state index is 0.415. The van der Waals surface area contributed by atoms with Gasteiger partial charge in [-0.05, 0) is 37.6 Å². The summed E-state index contributed by atoms with van der Waals surface area (Å²) < 4.78 is 10.7. The SMILES string of the molecule is COc1ccc([C@](C[N+](=O)[O-])(C(=O)OC(C)C)c2c[nH]c3ccccc23)cc1. The van der Waals surface area contributed by atoms with Gasteiger partial charge >= 0.3 is 5.97 Å². The van der Waals surface area contributed by atoms with Crippen LogP contribution in [0.25, 0.3) is 10.9 Å². The van der Waals surface area contributed by atoms with E-state index in [-0.39, 0.29) is 0 Å². The third kappa shape index (κ3) is 3.43. The van der Waals surface area contributed by atoms with Crippen LogP contribution in [0.15, 0.2) is 54.7 Å². The normalized spacial score (nSPS) is 13.3. The van der Waals surface area contributed by atoms with Gasteiger partial charge < -0.3 is 14.5 Å². The number of nitrogens with zero attached hydrogens (tertiary/aromatic N) is 1. The van der Waals surface area contributed by atoms with E-state index in [0.29, 0.717) is 16.9 Å². The second-order valence-corrected chi connectivity index (χ2v) is 6.83. The molecule has 1 atom stereocenters. The molecule has 2 aromatic carbocycles. The number of aromatic amines is 1. The average Bonchev–Trinajstić information content (AvgIpc) is 3.10. The van der Waals surface area contributed by atoms with Crippen molar-refractivity contribution in [3.8, 4) is 5.75 Å². The molecule has 0 bridgehead atoms. The summed E-state index contributed by atoms with van der Waals surface area (Å²) in [5.74, 6) is -0.0657.